The molecule has 0 saturated carbocycles. The molecule has 6 nitrogen and oxygen atoms in total. The van der Waals surface area contributed by atoms with Gasteiger partial charge in [0.15, 0.2) is 0 Å². The van der Waals surface area contributed by atoms with Crippen LogP contribution in [0, 0.1) is 6.92 Å². The van der Waals surface area contributed by atoms with Gasteiger partial charge in [0, 0.05) is 37.1 Å². The summed E-state index contributed by atoms with van der Waals surface area (Å²) in [5.41, 5.74) is 3.73. The third-order valence-electron chi connectivity index (χ3n) is 3.12. The summed E-state index contributed by atoms with van der Waals surface area (Å²) in [5.74, 6) is -0.352. The molecule has 0 aliphatic rings. The van der Waals surface area contributed by atoms with Crippen molar-refractivity contribution in [2.45, 2.75) is 20.0 Å². The molecule has 0 atom stereocenters. The third kappa shape index (κ3) is 3.03. The van der Waals surface area contributed by atoms with Crippen LogP contribution < -0.4 is 5.32 Å². The molecular weight excluding hydrogens is 244 g/mol. The van der Waals surface area contributed by atoms with Gasteiger partial charge in [-0.25, -0.2) is 4.79 Å². The Bertz CT molecular complexity index is 571. The van der Waals surface area contributed by atoms with E-state index in [2.05, 4.69) is 20.1 Å². The molecule has 2 N–H and O–H groups in total. The average Bonchev–Trinajstić information content (AvgIpc) is 3.00. The molecule has 0 spiro atoms. The van der Waals surface area contributed by atoms with Gasteiger partial charge in [-0.3, -0.25) is 4.68 Å². The van der Waals surface area contributed by atoms with Gasteiger partial charge in [-0.05, 0) is 19.1 Å². The molecule has 2 aromatic rings. The van der Waals surface area contributed by atoms with Gasteiger partial charge in [-0.1, -0.05) is 0 Å². The normalized spacial score (nSPS) is 10.7. The van der Waals surface area contributed by atoms with Crippen LogP contribution in [0.3, 0.4) is 0 Å². The molecule has 102 valence electrons. The van der Waals surface area contributed by atoms with Crippen molar-refractivity contribution >= 4 is 5.97 Å². The lowest BCUT2D eigenvalue weighted by atomic mass is 10.2. The Balaban J connectivity index is 1.87. The third-order valence-corrected chi connectivity index (χ3v) is 3.12. The molecule has 2 aromatic heterocycles. The lowest BCUT2D eigenvalue weighted by molar-refractivity contribution is 0.0594. The van der Waals surface area contributed by atoms with Crippen molar-refractivity contribution in [1.29, 1.82) is 0 Å². The number of carbonyl (C=O) groups is 1. The fraction of sp³-hybridized carbons (Fsp3) is 0.385. The maximum atomic E-state index is 11.3. The lowest BCUT2D eigenvalue weighted by Gasteiger charge is -2.03. The maximum Gasteiger partial charge on any atom is 0.354 e. The Hall–Kier alpha value is -2.08. The number of rotatable bonds is 5. The van der Waals surface area contributed by atoms with E-state index < -0.39 is 0 Å². The van der Waals surface area contributed by atoms with Crippen LogP contribution in [0.1, 0.15) is 27.4 Å². The summed E-state index contributed by atoms with van der Waals surface area (Å²) >= 11 is 0. The second-order valence-electron chi connectivity index (χ2n) is 4.37. The number of H-pyrrole nitrogens is 1. The van der Waals surface area contributed by atoms with Crippen molar-refractivity contribution < 1.29 is 9.53 Å². The van der Waals surface area contributed by atoms with Crippen LogP contribution in [0.2, 0.25) is 0 Å². The van der Waals surface area contributed by atoms with Gasteiger partial charge in [-0.15, -0.1) is 0 Å². The molecule has 0 bridgehead atoms. The average molecular weight is 262 g/mol. The summed E-state index contributed by atoms with van der Waals surface area (Å²) in [6.45, 7) is 3.44. The highest BCUT2D eigenvalue weighted by Crippen LogP contribution is 2.06. The first kappa shape index (κ1) is 13.4. The molecule has 0 aliphatic carbocycles. The highest BCUT2D eigenvalue weighted by Gasteiger charge is 2.08. The Labute approximate surface area is 111 Å². The molecule has 2 rings (SSSR count). The highest BCUT2D eigenvalue weighted by molar-refractivity contribution is 5.87. The van der Waals surface area contributed by atoms with Gasteiger partial charge < -0.3 is 15.0 Å². The number of carbonyl (C=O) groups excluding carboxylic acids is 1. The van der Waals surface area contributed by atoms with Crippen molar-refractivity contribution in [1.82, 2.24) is 20.1 Å². The number of aryl methyl sites for hydroxylation is 1. The summed E-state index contributed by atoms with van der Waals surface area (Å²) in [6, 6.07) is 3.59. The molecule has 0 unspecified atom stereocenters. The van der Waals surface area contributed by atoms with Crippen LogP contribution in [0.25, 0.3) is 0 Å². The molecule has 0 fully saturated rings. The van der Waals surface area contributed by atoms with Crippen LogP contribution in [-0.2, 0) is 24.9 Å². The zero-order valence-corrected chi connectivity index (χ0v) is 11.4. The van der Waals surface area contributed by atoms with E-state index in [1.807, 2.05) is 30.9 Å². The summed E-state index contributed by atoms with van der Waals surface area (Å²) < 4.78 is 6.49. The quantitative estimate of drug-likeness (QED) is 0.792. The van der Waals surface area contributed by atoms with E-state index in [0.717, 1.165) is 17.9 Å². The zero-order valence-electron chi connectivity index (χ0n) is 11.4. The fourth-order valence-corrected chi connectivity index (χ4v) is 1.82. The van der Waals surface area contributed by atoms with Crippen molar-refractivity contribution in [2.75, 3.05) is 7.11 Å². The molecular formula is C13H18N4O2. The standard InChI is InChI=1S/C13H18N4O2/c1-9-10(7-15-17(9)2)6-14-8-11-4-5-12(16-11)13(18)19-3/h4-5,7,14,16H,6,8H2,1-3H3. The number of nitrogens with one attached hydrogen (secondary N) is 2. The molecule has 0 aliphatic heterocycles. The van der Waals surface area contributed by atoms with Gasteiger partial charge in [0.25, 0.3) is 0 Å². The summed E-state index contributed by atoms with van der Waals surface area (Å²) in [4.78, 5) is 14.3. The number of hydrogen-bond donors (Lipinski definition) is 2. The van der Waals surface area contributed by atoms with E-state index in [4.69, 9.17) is 0 Å². The van der Waals surface area contributed by atoms with Crippen LogP contribution in [-0.4, -0.2) is 27.8 Å². The van der Waals surface area contributed by atoms with Crippen molar-refractivity contribution in [2.24, 2.45) is 7.05 Å². The van der Waals surface area contributed by atoms with Crippen LogP contribution >= 0.6 is 0 Å². The minimum atomic E-state index is -0.352. The van der Waals surface area contributed by atoms with Crippen LogP contribution in [0.4, 0.5) is 0 Å². The number of hydrogen-bond acceptors (Lipinski definition) is 4. The SMILES string of the molecule is COC(=O)c1ccc(CNCc2cnn(C)c2C)[nH]1. The van der Waals surface area contributed by atoms with Gasteiger partial charge in [0.1, 0.15) is 5.69 Å². The topological polar surface area (TPSA) is 71.9 Å². The number of ether oxygens (including phenoxy) is 1. The van der Waals surface area contributed by atoms with E-state index in [9.17, 15) is 4.79 Å². The van der Waals surface area contributed by atoms with Gasteiger partial charge >= 0.3 is 5.97 Å². The maximum absolute atomic E-state index is 11.3. The largest absolute Gasteiger partial charge is 0.464 e. The number of esters is 1. The summed E-state index contributed by atoms with van der Waals surface area (Å²) in [5, 5.41) is 7.49. The summed E-state index contributed by atoms with van der Waals surface area (Å²) in [6.07, 6.45) is 1.86. The monoisotopic (exact) mass is 262 g/mol. The van der Waals surface area contributed by atoms with E-state index >= 15 is 0 Å². The van der Waals surface area contributed by atoms with E-state index in [1.54, 1.807) is 6.07 Å². The predicted octanol–water partition coefficient (Wildman–Crippen LogP) is 1.13. The Morgan fingerprint density at radius 3 is 2.89 bits per heavy atom. The molecule has 0 radical (unpaired) electrons. The molecule has 19 heavy (non-hydrogen) atoms. The van der Waals surface area contributed by atoms with Gasteiger partial charge in [0.05, 0.1) is 13.3 Å². The number of nitrogens with zero attached hydrogens (tertiary/aromatic N) is 2. The molecule has 0 amide bonds. The van der Waals surface area contributed by atoms with Crippen molar-refractivity contribution in [3.63, 3.8) is 0 Å². The predicted molar refractivity (Wildman–Crippen MR) is 70.6 cm³/mol. The van der Waals surface area contributed by atoms with Gasteiger partial charge in [-0.2, -0.15) is 5.10 Å². The highest BCUT2D eigenvalue weighted by atomic mass is 16.5. The second kappa shape index (κ2) is 5.71. The summed E-state index contributed by atoms with van der Waals surface area (Å²) in [7, 11) is 3.29. The van der Waals surface area contributed by atoms with Gasteiger partial charge in [0.2, 0.25) is 0 Å². The Morgan fingerprint density at radius 1 is 1.47 bits per heavy atom. The van der Waals surface area contributed by atoms with Crippen molar-refractivity contribution in [3.05, 3.63) is 41.0 Å². The number of methoxy groups -OCH3 is 1. The molecule has 6 heteroatoms. The minimum absolute atomic E-state index is 0.352. The van der Waals surface area contributed by atoms with Crippen molar-refractivity contribution in [3.8, 4) is 0 Å². The number of aromatic amines is 1. The van der Waals surface area contributed by atoms with Crippen LogP contribution in [0.15, 0.2) is 18.3 Å². The zero-order chi connectivity index (χ0) is 13.8. The lowest BCUT2D eigenvalue weighted by Crippen LogP contribution is -2.13. The molecule has 2 heterocycles. The van der Waals surface area contributed by atoms with E-state index in [-0.39, 0.29) is 5.97 Å². The Morgan fingerprint density at radius 2 is 2.26 bits per heavy atom. The first-order valence-electron chi connectivity index (χ1n) is 6.06. The van der Waals surface area contributed by atoms with E-state index in [1.165, 1.54) is 12.7 Å². The first-order valence-corrected chi connectivity index (χ1v) is 6.06. The first-order chi connectivity index (χ1) is 9.11. The second-order valence-corrected chi connectivity index (χ2v) is 4.37. The Kier molecular flexibility index (Phi) is 4.01. The molecule has 0 saturated heterocycles. The molecule has 0 aromatic carbocycles. The smallest absolute Gasteiger partial charge is 0.354 e. The van der Waals surface area contributed by atoms with Crippen LogP contribution in [0.5, 0.6) is 0 Å². The van der Waals surface area contributed by atoms with E-state index in [0.29, 0.717) is 12.2 Å². The fourth-order valence-electron chi connectivity index (χ4n) is 1.82. The minimum Gasteiger partial charge on any atom is -0.464 e. The number of aromatic nitrogens is 3.